The van der Waals surface area contributed by atoms with E-state index in [2.05, 4.69) is 5.32 Å². The van der Waals surface area contributed by atoms with Gasteiger partial charge in [0, 0.05) is 6.54 Å². The van der Waals surface area contributed by atoms with Crippen molar-refractivity contribution in [3.05, 3.63) is 41.5 Å². The van der Waals surface area contributed by atoms with Gasteiger partial charge in [0.05, 0.1) is 23.5 Å². The Kier molecular flexibility index (Phi) is 3.38. The van der Waals surface area contributed by atoms with Gasteiger partial charge in [-0.1, -0.05) is 6.07 Å². The summed E-state index contributed by atoms with van der Waals surface area (Å²) in [6.45, 7) is 1.68. The van der Waals surface area contributed by atoms with Gasteiger partial charge >= 0.3 is 0 Å². The lowest BCUT2D eigenvalue weighted by Gasteiger charge is -2.22. The van der Waals surface area contributed by atoms with Gasteiger partial charge in [0.2, 0.25) is 0 Å². The van der Waals surface area contributed by atoms with Gasteiger partial charge in [-0.2, -0.15) is 0 Å². The number of anilines is 3. The predicted octanol–water partition coefficient (Wildman–Crippen LogP) is 2.10. The molecule has 0 bridgehead atoms. The normalized spacial score (nSPS) is 13.2. The van der Waals surface area contributed by atoms with Crippen molar-refractivity contribution in [3.8, 4) is 11.5 Å². The van der Waals surface area contributed by atoms with Gasteiger partial charge in [-0.15, -0.1) is 0 Å². The second-order valence-corrected chi connectivity index (χ2v) is 5.18. The zero-order valence-corrected chi connectivity index (χ0v) is 12.0. The van der Waals surface area contributed by atoms with Gasteiger partial charge < -0.3 is 25.5 Å². The molecule has 0 aromatic heterocycles. The summed E-state index contributed by atoms with van der Waals surface area (Å²) in [4.78, 5) is 14.1. The second-order valence-electron chi connectivity index (χ2n) is 5.18. The van der Waals surface area contributed by atoms with Crippen molar-refractivity contribution in [2.45, 2.75) is 6.92 Å². The number of benzene rings is 2. The minimum atomic E-state index is -0.351. The topological polar surface area (TPSA) is 93.0 Å². The molecule has 6 heteroatoms. The Morgan fingerprint density at radius 1 is 1.14 bits per heavy atom. The highest BCUT2D eigenvalue weighted by Crippen LogP contribution is 2.44. The number of hydrogen-bond donors (Lipinski definition) is 4. The van der Waals surface area contributed by atoms with E-state index in [1.807, 2.05) is 0 Å². The maximum Gasteiger partial charge on any atom is 0.260 e. The van der Waals surface area contributed by atoms with Gasteiger partial charge in [0.25, 0.3) is 5.91 Å². The first kappa shape index (κ1) is 14.2. The number of aliphatic hydroxyl groups excluding tert-OH is 1. The average Bonchev–Trinajstić information content (AvgIpc) is 2.58. The molecule has 0 saturated carbocycles. The molecule has 0 atom stereocenters. The summed E-state index contributed by atoms with van der Waals surface area (Å²) in [5, 5.41) is 32.4. The Morgan fingerprint density at radius 3 is 2.64 bits per heavy atom. The molecule has 6 nitrogen and oxygen atoms in total. The number of amides is 1. The number of nitrogens with zero attached hydrogens (tertiary/aromatic N) is 1. The van der Waals surface area contributed by atoms with Gasteiger partial charge in [-0.05, 0) is 36.8 Å². The Labute approximate surface area is 127 Å². The van der Waals surface area contributed by atoms with E-state index in [0.717, 1.165) is 5.56 Å². The van der Waals surface area contributed by atoms with Gasteiger partial charge in [-0.25, -0.2) is 0 Å². The van der Waals surface area contributed by atoms with Gasteiger partial charge in [0.15, 0.2) is 0 Å². The van der Waals surface area contributed by atoms with Crippen LogP contribution in [-0.2, 0) is 0 Å². The maximum atomic E-state index is 12.7. The number of nitrogens with one attached hydrogen (secondary N) is 1. The fourth-order valence-electron chi connectivity index (χ4n) is 2.64. The number of carbonyl (C=O) groups excluding carboxylic acids is 1. The minimum absolute atomic E-state index is 0.0261. The van der Waals surface area contributed by atoms with Crippen LogP contribution >= 0.6 is 0 Å². The summed E-state index contributed by atoms with van der Waals surface area (Å²) >= 11 is 0. The van der Waals surface area contributed by atoms with Crippen LogP contribution in [0.25, 0.3) is 0 Å². The first-order chi connectivity index (χ1) is 10.5. The minimum Gasteiger partial charge on any atom is -0.506 e. The van der Waals surface area contributed by atoms with Crippen LogP contribution in [0.4, 0.5) is 17.1 Å². The number of para-hydroxylation sites is 1. The van der Waals surface area contributed by atoms with E-state index in [-0.39, 0.29) is 41.8 Å². The molecule has 1 amide bonds. The summed E-state index contributed by atoms with van der Waals surface area (Å²) in [6.07, 6.45) is 0. The lowest BCUT2D eigenvalue weighted by Crippen LogP contribution is -2.33. The summed E-state index contributed by atoms with van der Waals surface area (Å²) in [5.74, 6) is -0.458. The number of fused-ring (bicyclic) bond motifs is 2. The number of phenolic OH excluding ortho intramolecular Hbond substituents is 2. The zero-order valence-electron chi connectivity index (χ0n) is 12.0. The molecule has 2 aromatic rings. The van der Waals surface area contributed by atoms with E-state index < -0.39 is 0 Å². The third kappa shape index (κ3) is 2.14. The Morgan fingerprint density at radius 2 is 1.91 bits per heavy atom. The van der Waals surface area contributed by atoms with Gasteiger partial charge in [0.1, 0.15) is 17.2 Å². The molecule has 0 aliphatic carbocycles. The highest BCUT2D eigenvalue weighted by Gasteiger charge is 2.29. The molecule has 0 spiro atoms. The van der Waals surface area contributed by atoms with Crippen molar-refractivity contribution >= 4 is 23.0 Å². The number of aryl methyl sites for hydroxylation is 1. The van der Waals surface area contributed by atoms with Crippen LogP contribution in [-0.4, -0.2) is 34.4 Å². The number of hydrogen-bond acceptors (Lipinski definition) is 5. The molecule has 114 valence electrons. The Bertz CT molecular complexity index is 758. The highest BCUT2D eigenvalue weighted by molar-refractivity contribution is 6.15. The summed E-state index contributed by atoms with van der Waals surface area (Å²) in [7, 11) is 0. The van der Waals surface area contributed by atoms with Crippen LogP contribution in [0, 0.1) is 6.92 Å². The smallest absolute Gasteiger partial charge is 0.260 e. The first-order valence-electron chi connectivity index (χ1n) is 6.88. The highest BCUT2D eigenvalue weighted by atomic mass is 16.3. The number of β-amino-alcohol motifs (C(OH)–C–C–N with tert-alkyl or cyclic N) is 1. The van der Waals surface area contributed by atoms with E-state index in [9.17, 15) is 20.1 Å². The molecule has 22 heavy (non-hydrogen) atoms. The number of phenols is 2. The predicted molar refractivity (Wildman–Crippen MR) is 83.0 cm³/mol. The zero-order chi connectivity index (χ0) is 15.9. The number of rotatable bonds is 2. The first-order valence-corrected chi connectivity index (χ1v) is 6.88. The van der Waals surface area contributed by atoms with Crippen molar-refractivity contribution in [1.82, 2.24) is 0 Å². The van der Waals surface area contributed by atoms with Crippen LogP contribution < -0.4 is 10.2 Å². The Balaban J connectivity index is 2.29. The number of aliphatic hydroxyl groups is 1. The van der Waals surface area contributed by atoms with E-state index >= 15 is 0 Å². The SMILES string of the molecule is Cc1cc(O)c2c(c1)N(CCO)C(=O)c1cccc(O)c1N2. The fraction of sp³-hybridized carbons (Fsp3) is 0.188. The van der Waals surface area contributed by atoms with Crippen LogP contribution in [0.3, 0.4) is 0 Å². The average molecular weight is 300 g/mol. The van der Waals surface area contributed by atoms with Crippen LogP contribution in [0.15, 0.2) is 30.3 Å². The molecule has 0 unspecified atom stereocenters. The Hall–Kier alpha value is -2.73. The molecule has 4 N–H and O–H groups in total. The standard InChI is InChI=1S/C16H16N2O4/c1-9-7-11-15(13(21)8-9)17-14-10(3-2-4-12(14)20)16(22)18(11)5-6-19/h2-4,7-8,17,19-21H,5-6H2,1H3. The largest absolute Gasteiger partial charge is 0.506 e. The second kappa shape index (κ2) is 5.23. The summed E-state index contributed by atoms with van der Waals surface area (Å²) in [5.41, 5.74) is 2.10. The van der Waals surface area contributed by atoms with E-state index in [1.165, 1.54) is 11.0 Å². The van der Waals surface area contributed by atoms with Crippen LogP contribution in [0.2, 0.25) is 0 Å². The van der Waals surface area contributed by atoms with Gasteiger partial charge in [-0.3, -0.25) is 4.79 Å². The molecule has 1 aliphatic rings. The third-order valence-electron chi connectivity index (χ3n) is 3.62. The van der Waals surface area contributed by atoms with Crippen molar-refractivity contribution < 1.29 is 20.1 Å². The van der Waals surface area contributed by atoms with E-state index in [1.54, 1.807) is 31.2 Å². The number of carbonyl (C=O) groups is 1. The van der Waals surface area contributed by atoms with Crippen molar-refractivity contribution in [2.75, 3.05) is 23.4 Å². The quantitative estimate of drug-likeness (QED) is 0.637. The maximum absolute atomic E-state index is 12.7. The van der Waals surface area contributed by atoms with Crippen molar-refractivity contribution in [1.29, 1.82) is 0 Å². The monoisotopic (exact) mass is 300 g/mol. The van der Waals surface area contributed by atoms with Crippen LogP contribution in [0.5, 0.6) is 11.5 Å². The molecular formula is C16H16N2O4. The lowest BCUT2D eigenvalue weighted by molar-refractivity contribution is 0.0982. The van der Waals surface area contributed by atoms with E-state index in [4.69, 9.17) is 0 Å². The van der Waals surface area contributed by atoms with Crippen LogP contribution in [0.1, 0.15) is 15.9 Å². The summed E-state index contributed by atoms with van der Waals surface area (Å²) < 4.78 is 0. The number of aromatic hydroxyl groups is 2. The molecular weight excluding hydrogens is 284 g/mol. The molecule has 0 fully saturated rings. The fourth-order valence-corrected chi connectivity index (χ4v) is 2.64. The molecule has 0 radical (unpaired) electrons. The van der Waals surface area contributed by atoms with Crippen molar-refractivity contribution in [2.24, 2.45) is 0 Å². The lowest BCUT2D eigenvalue weighted by atomic mass is 10.1. The third-order valence-corrected chi connectivity index (χ3v) is 3.62. The summed E-state index contributed by atoms with van der Waals surface area (Å²) in [6, 6.07) is 7.94. The molecule has 3 rings (SSSR count). The molecule has 1 aliphatic heterocycles. The molecule has 0 saturated heterocycles. The molecule has 1 heterocycles. The van der Waals surface area contributed by atoms with Crippen molar-refractivity contribution in [3.63, 3.8) is 0 Å². The van der Waals surface area contributed by atoms with E-state index in [0.29, 0.717) is 11.4 Å². The molecule has 2 aromatic carbocycles.